The number of benzene rings is 1. The Balaban J connectivity index is 2.19. The molecular weight excluding hydrogens is 354 g/mol. The van der Waals surface area contributed by atoms with Gasteiger partial charge >= 0.3 is 0 Å². The van der Waals surface area contributed by atoms with Gasteiger partial charge in [0.05, 0.1) is 16.5 Å². The van der Waals surface area contributed by atoms with E-state index in [1.54, 1.807) is 6.07 Å². The van der Waals surface area contributed by atoms with Crippen LogP contribution < -0.4 is 4.72 Å². The van der Waals surface area contributed by atoms with E-state index in [1.165, 1.54) is 12.1 Å². The summed E-state index contributed by atoms with van der Waals surface area (Å²) in [7, 11) is -3.53. The summed E-state index contributed by atoms with van der Waals surface area (Å²) >= 11 is 9.10. The molecule has 0 amide bonds. The first-order chi connectivity index (χ1) is 8.90. The Bertz CT molecular complexity index is 564. The first-order valence-electron chi connectivity index (χ1n) is 5.95. The highest BCUT2D eigenvalue weighted by Crippen LogP contribution is 2.26. The molecule has 1 fully saturated rings. The molecule has 1 aromatic rings. The van der Waals surface area contributed by atoms with E-state index in [9.17, 15) is 8.42 Å². The number of ether oxygens (including phenoxy) is 1. The van der Waals surface area contributed by atoms with Crippen molar-refractivity contribution in [2.45, 2.75) is 24.3 Å². The Hall–Kier alpha value is -0.140. The van der Waals surface area contributed by atoms with Crippen molar-refractivity contribution in [3.63, 3.8) is 0 Å². The second kappa shape index (κ2) is 6.10. The average molecular weight is 369 g/mol. The third-order valence-electron chi connectivity index (χ3n) is 3.15. The van der Waals surface area contributed by atoms with Gasteiger partial charge in [0.2, 0.25) is 10.0 Å². The monoisotopic (exact) mass is 367 g/mol. The molecule has 106 valence electrons. The fraction of sp³-hybridized carbons (Fsp3) is 0.500. The molecule has 2 rings (SSSR count). The maximum absolute atomic E-state index is 12.3. The van der Waals surface area contributed by atoms with E-state index in [0.29, 0.717) is 29.1 Å². The van der Waals surface area contributed by atoms with Gasteiger partial charge in [-0.25, -0.2) is 13.1 Å². The zero-order valence-electron chi connectivity index (χ0n) is 10.4. The van der Waals surface area contributed by atoms with Crippen molar-refractivity contribution in [3.05, 3.63) is 27.7 Å². The highest BCUT2D eigenvalue weighted by Gasteiger charge is 2.27. The van der Waals surface area contributed by atoms with Gasteiger partial charge in [0, 0.05) is 17.1 Å². The molecular formula is C12H15BrClNO3S. The van der Waals surface area contributed by atoms with Crippen molar-refractivity contribution in [1.29, 1.82) is 0 Å². The molecule has 0 aromatic heterocycles. The van der Waals surface area contributed by atoms with Crippen LogP contribution in [-0.4, -0.2) is 27.7 Å². The first kappa shape index (κ1) is 15.3. The molecule has 0 spiro atoms. The maximum atomic E-state index is 12.3. The van der Waals surface area contributed by atoms with Crippen LogP contribution in [0.25, 0.3) is 0 Å². The average Bonchev–Trinajstić information content (AvgIpc) is 2.35. The number of hydrogen-bond donors (Lipinski definition) is 1. The summed E-state index contributed by atoms with van der Waals surface area (Å²) in [5.41, 5.74) is 0. The van der Waals surface area contributed by atoms with Gasteiger partial charge in [0.1, 0.15) is 0 Å². The molecule has 1 heterocycles. The summed E-state index contributed by atoms with van der Waals surface area (Å²) in [4.78, 5) is 0.211. The Morgan fingerprint density at radius 3 is 2.84 bits per heavy atom. The SMILES string of the molecule is CC1COCCC1NS(=O)(=O)c1ccc(Cl)c(Br)c1. The van der Waals surface area contributed by atoms with Crippen molar-refractivity contribution < 1.29 is 13.2 Å². The van der Waals surface area contributed by atoms with E-state index in [2.05, 4.69) is 20.7 Å². The summed E-state index contributed by atoms with van der Waals surface area (Å²) in [6, 6.07) is 4.48. The Morgan fingerprint density at radius 1 is 1.47 bits per heavy atom. The van der Waals surface area contributed by atoms with Crippen LogP contribution in [0.2, 0.25) is 5.02 Å². The molecule has 1 aliphatic heterocycles. The quantitative estimate of drug-likeness (QED) is 0.892. The minimum Gasteiger partial charge on any atom is -0.381 e. The lowest BCUT2D eigenvalue weighted by Crippen LogP contribution is -2.44. The van der Waals surface area contributed by atoms with Gasteiger partial charge in [0.15, 0.2) is 0 Å². The summed E-state index contributed by atoms with van der Waals surface area (Å²) in [5, 5.41) is 0.485. The number of rotatable bonds is 3. The van der Waals surface area contributed by atoms with E-state index in [-0.39, 0.29) is 16.9 Å². The van der Waals surface area contributed by atoms with Crippen molar-refractivity contribution in [3.8, 4) is 0 Å². The van der Waals surface area contributed by atoms with E-state index in [0.717, 1.165) is 0 Å². The van der Waals surface area contributed by atoms with Crippen molar-refractivity contribution in [2.24, 2.45) is 5.92 Å². The standard InChI is InChI=1S/C12H15BrClNO3S/c1-8-7-18-5-4-12(8)15-19(16,17)9-2-3-11(14)10(13)6-9/h2-3,6,8,12,15H,4-5,7H2,1H3. The minimum atomic E-state index is -3.53. The summed E-state index contributed by atoms with van der Waals surface area (Å²) in [5.74, 6) is 0.166. The Labute approximate surface area is 126 Å². The molecule has 0 aliphatic carbocycles. The Kier molecular flexibility index (Phi) is 4.89. The largest absolute Gasteiger partial charge is 0.381 e. The summed E-state index contributed by atoms with van der Waals surface area (Å²) < 4.78 is 33.2. The summed E-state index contributed by atoms with van der Waals surface area (Å²) in [6.45, 7) is 3.14. The smallest absolute Gasteiger partial charge is 0.240 e. The maximum Gasteiger partial charge on any atom is 0.240 e. The summed E-state index contributed by atoms with van der Waals surface area (Å²) in [6.07, 6.45) is 0.690. The van der Waals surface area contributed by atoms with Gasteiger partial charge in [-0.05, 0) is 46.5 Å². The van der Waals surface area contributed by atoms with Crippen LogP contribution >= 0.6 is 27.5 Å². The first-order valence-corrected chi connectivity index (χ1v) is 8.60. The minimum absolute atomic E-state index is 0.0896. The van der Waals surface area contributed by atoms with E-state index < -0.39 is 10.0 Å². The van der Waals surface area contributed by atoms with Crippen LogP contribution in [0.3, 0.4) is 0 Å². The third-order valence-corrected chi connectivity index (χ3v) is 5.85. The van der Waals surface area contributed by atoms with Gasteiger partial charge in [-0.2, -0.15) is 0 Å². The lowest BCUT2D eigenvalue weighted by molar-refractivity contribution is 0.0450. The van der Waals surface area contributed by atoms with Crippen LogP contribution in [0.4, 0.5) is 0 Å². The molecule has 7 heteroatoms. The molecule has 0 bridgehead atoms. The van der Waals surface area contributed by atoms with Crippen molar-refractivity contribution in [1.82, 2.24) is 4.72 Å². The fourth-order valence-electron chi connectivity index (χ4n) is 1.97. The highest BCUT2D eigenvalue weighted by atomic mass is 79.9. The second-order valence-electron chi connectivity index (χ2n) is 4.64. The zero-order valence-corrected chi connectivity index (χ0v) is 13.6. The highest BCUT2D eigenvalue weighted by molar-refractivity contribution is 9.10. The second-order valence-corrected chi connectivity index (χ2v) is 7.62. The topological polar surface area (TPSA) is 55.4 Å². The fourth-order valence-corrected chi connectivity index (χ4v) is 4.02. The molecule has 2 atom stereocenters. The van der Waals surface area contributed by atoms with Crippen LogP contribution in [0.1, 0.15) is 13.3 Å². The van der Waals surface area contributed by atoms with E-state index in [1.807, 2.05) is 6.92 Å². The van der Waals surface area contributed by atoms with Gasteiger partial charge in [0.25, 0.3) is 0 Å². The molecule has 19 heavy (non-hydrogen) atoms. The van der Waals surface area contributed by atoms with Crippen molar-refractivity contribution in [2.75, 3.05) is 13.2 Å². The van der Waals surface area contributed by atoms with E-state index in [4.69, 9.17) is 16.3 Å². The Morgan fingerprint density at radius 2 is 2.21 bits per heavy atom. The van der Waals surface area contributed by atoms with E-state index >= 15 is 0 Å². The van der Waals surface area contributed by atoms with Gasteiger partial charge in [-0.1, -0.05) is 18.5 Å². The van der Waals surface area contributed by atoms with Crippen LogP contribution in [-0.2, 0) is 14.8 Å². The number of sulfonamides is 1. The van der Waals surface area contributed by atoms with Crippen LogP contribution in [0.15, 0.2) is 27.6 Å². The molecule has 0 radical (unpaired) electrons. The number of nitrogens with one attached hydrogen (secondary N) is 1. The molecule has 0 saturated carbocycles. The molecule has 1 N–H and O–H groups in total. The van der Waals surface area contributed by atoms with Crippen LogP contribution in [0.5, 0.6) is 0 Å². The predicted octanol–water partition coefficient (Wildman–Crippen LogP) is 2.81. The lowest BCUT2D eigenvalue weighted by Gasteiger charge is -2.29. The zero-order chi connectivity index (χ0) is 14.0. The van der Waals surface area contributed by atoms with Gasteiger partial charge in [-0.3, -0.25) is 0 Å². The number of hydrogen-bond acceptors (Lipinski definition) is 3. The number of halogens is 2. The van der Waals surface area contributed by atoms with Crippen LogP contribution in [0, 0.1) is 5.92 Å². The molecule has 2 unspecified atom stereocenters. The molecule has 4 nitrogen and oxygen atoms in total. The van der Waals surface area contributed by atoms with Crippen molar-refractivity contribution >= 4 is 37.6 Å². The molecule has 1 aromatic carbocycles. The normalized spacial score (nSPS) is 24.4. The lowest BCUT2D eigenvalue weighted by atomic mass is 9.99. The molecule has 1 aliphatic rings. The van der Waals surface area contributed by atoms with Gasteiger partial charge in [-0.15, -0.1) is 0 Å². The molecule has 1 saturated heterocycles. The van der Waals surface area contributed by atoms with Gasteiger partial charge < -0.3 is 4.74 Å². The third kappa shape index (κ3) is 3.70. The predicted molar refractivity (Wildman–Crippen MR) is 77.9 cm³/mol.